The Hall–Kier alpha value is -1.10. The molecular formula is C6H13N3O2. The lowest BCUT2D eigenvalue weighted by molar-refractivity contribution is -0.126. The normalized spacial score (nSPS) is 11.9. The van der Waals surface area contributed by atoms with Gasteiger partial charge in [-0.3, -0.25) is 9.59 Å². The molecule has 0 aromatic rings. The Morgan fingerprint density at radius 1 is 1.55 bits per heavy atom. The van der Waals surface area contributed by atoms with Gasteiger partial charge in [-0.2, -0.15) is 0 Å². The Morgan fingerprint density at radius 2 is 2.09 bits per heavy atom. The average molecular weight is 159 g/mol. The second kappa shape index (κ2) is 4.68. The standard InChI is InChI=1S/C6H13N3O2/c1-4(7)6(11)9-3-5(10)8-2/h4H,3,7H2,1-2H3,(H,8,10)(H,9,11)/t4-/m0/s1. The van der Waals surface area contributed by atoms with Crippen molar-refractivity contribution in [2.24, 2.45) is 5.73 Å². The van der Waals surface area contributed by atoms with E-state index >= 15 is 0 Å². The minimum atomic E-state index is -0.570. The lowest BCUT2D eigenvalue weighted by atomic mass is 10.3. The minimum absolute atomic E-state index is 0.0170. The molecular weight excluding hydrogens is 146 g/mol. The van der Waals surface area contributed by atoms with Crippen LogP contribution in [0.3, 0.4) is 0 Å². The van der Waals surface area contributed by atoms with E-state index in [4.69, 9.17) is 5.73 Å². The highest BCUT2D eigenvalue weighted by Gasteiger charge is 2.07. The van der Waals surface area contributed by atoms with Crippen LogP contribution in [0.1, 0.15) is 6.92 Å². The highest BCUT2D eigenvalue weighted by Crippen LogP contribution is 1.73. The summed E-state index contributed by atoms with van der Waals surface area (Å²) >= 11 is 0. The van der Waals surface area contributed by atoms with E-state index in [9.17, 15) is 9.59 Å². The maximum absolute atomic E-state index is 10.7. The van der Waals surface area contributed by atoms with Crippen LogP contribution in [0.2, 0.25) is 0 Å². The summed E-state index contributed by atoms with van der Waals surface area (Å²) in [6.45, 7) is 1.54. The summed E-state index contributed by atoms with van der Waals surface area (Å²) in [5, 5.41) is 4.72. The smallest absolute Gasteiger partial charge is 0.239 e. The van der Waals surface area contributed by atoms with Crippen LogP contribution >= 0.6 is 0 Å². The first-order valence-electron chi connectivity index (χ1n) is 3.31. The summed E-state index contributed by atoms with van der Waals surface area (Å²) < 4.78 is 0. The van der Waals surface area contributed by atoms with Gasteiger partial charge in [0.2, 0.25) is 11.8 Å². The molecule has 0 aromatic carbocycles. The molecule has 0 saturated heterocycles. The molecule has 0 aromatic heterocycles. The lowest BCUT2D eigenvalue weighted by Gasteiger charge is -2.05. The van der Waals surface area contributed by atoms with Crippen LogP contribution in [-0.4, -0.2) is 31.4 Å². The Bertz CT molecular complexity index is 156. The van der Waals surface area contributed by atoms with E-state index in [0.29, 0.717) is 0 Å². The third-order valence-electron chi connectivity index (χ3n) is 1.12. The van der Waals surface area contributed by atoms with Crippen molar-refractivity contribution in [3.05, 3.63) is 0 Å². The van der Waals surface area contributed by atoms with E-state index in [2.05, 4.69) is 10.6 Å². The van der Waals surface area contributed by atoms with Gasteiger partial charge in [-0.15, -0.1) is 0 Å². The van der Waals surface area contributed by atoms with Gasteiger partial charge in [0.1, 0.15) is 0 Å². The highest BCUT2D eigenvalue weighted by molar-refractivity contribution is 5.86. The summed E-state index contributed by atoms with van der Waals surface area (Å²) in [5.41, 5.74) is 5.22. The van der Waals surface area contributed by atoms with Crippen molar-refractivity contribution in [2.75, 3.05) is 13.6 Å². The van der Waals surface area contributed by atoms with Crippen molar-refractivity contribution >= 4 is 11.8 Å². The quantitative estimate of drug-likeness (QED) is 0.454. The molecule has 0 fully saturated rings. The van der Waals surface area contributed by atoms with Crippen LogP contribution in [0, 0.1) is 0 Å². The van der Waals surface area contributed by atoms with Crippen molar-refractivity contribution < 1.29 is 9.59 Å². The second-order valence-corrected chi connectivity index (χ2v) is 2.18. The van der Waals surface area contributed by atoms with Crippen molar-refractivity contribution in [1.82, 2.24) is 10.6 Å². The maximum atomic E-state index is 10.7. The van der Waals surface area contributed by atoms with E-state index in [1.165, 1.54) is 7.05 Å². The van der Waals surface area contributed by atoms with Gasteiger partial charge in [-0.25, -0.2) is 0 Å². The summed E-state index contributed by atoms with van der Waals surface area (Å²) in [6.07, 6.45) is 0. The molecule has 0 unspecified atom stereocenters. The maximum Gasteiger partial charge on any atom is 0.239 e. The molecule has 0 heterocycles. The molecule has 4 N–H and O–H groups in total. The SMILES string of the molecule is CNC(=O)CNC(=O)[C@H](C)N. The van der Waals surface area contributed by atoms with E-state index < -0.39 is 6.04 Å². The van der Waals surface area contributed by atoms with Gasteiger partial charge in [-0.1, -0.05) is 0 Å². The fourth-order valence-electron chi connectivity index (χ4n) is 0.417. The first kappa shape index (κ1) is 9.90. The number of nitrogens with two attached hydrogens (primary N) is 1. The van der Waals surface area contributed by atoms with Crippen molar-refractivity contribution in [3.8, 4) is 0 Å². The van der Waals surface area contributed by atoms with E-state index in [-0.39, 0.29) is 18.4 Å². The van der Waals surface area contributed by atoms with Crippen LogP contribution in [0.5, 0.6) is 0 Å². The molecule has 0 aliphatic carbocycles. The third kappa shape index (κ3) is 4.32. The van der Waals surface area contributed by atoms with Crippen molar-refractivity contribution in [2.45, 2.75) is 13.0 Å². The van der Waals surface area contributed by atoms with Crippen LogP contribution in [-0.2, 0) is 9.59 Å². The van der Waals surface area contributed by atoms with E-state index in [1.807, 2.05) is 0 Å². The zero-order valence-electron chi connectivity index (χ0n) is 6.68. The van der Waals surface area contributed by atoms with Gasteiger partial charge < -0.3 is 16.4 Å². The summed E-state index contributed by atoms with van der Waals surface area (Å²) in [7, 11) is 1.50. The summed E-state index contributed by atoms with van der Waals surface area (Å²) in [6, 6.07) is -0.570. The molecule has 0 rings (SSSR count). The third-order valence-corrected chi connectivity index (χ3v) is 1.12. The molecule has 0 saturated carbocycles. The van der Waals surface area contributed by atoms with Crippen LogP contribution < -0.4 is 16.4 Å². The molecule has 64 valence electrons. The van der Waals surface area contributed by atoms with Gasteiger partial charge >= 0.3 is 0 Å². The average Bonchev–Trinajstić information content (AvgIpc) is 1.99. The number of rotatable bonds is 3. The number of nitrogens with one attached hydrogen (secondary N) is 2. The predicted molar refractivity (Wildman–Crippen MR) is 40.7 cm³/mol. The summed E-state index contributed by atoms with van der Waals surface area (Å²) in [5.74, 6) is -0.562. The first-order valence-corrected chi connectivity index (χ1v) is 3.31. The fraction of sp³-hybridized carbons (Fsp3) is 0.667. The van der Waals surface area contributed by atoms with Gasteiger partial charge in [-0.05, 0) is 6.92 Å². The van der Waals surface area contributed by atoms with E-state index in [0.717, 1.165) is 0 Å². The number of hydrogen-bond donors (Lipinski definition) is 3. The topological polar surface area (TPSA) is 84.2 Å². The number of hydrogen-bond acceptors (Lipinski definition) is 3. The molecule has 0 aliphatic heterocycles. The number of carbonyl (C=O) groups is 2. The minimum Gasteiger partial charge on any atom is -0.358 e. The number of likely N-dealkylation sites (N-methyl/N-ethyl adjacent to an activating group) is 1. The zero-order chi connectivity index (χ0) is 8.85. The lowest BCUT2D eigenvalue weighted by Crippen LogP contribution is -2.42. The van der Waals surface area contributed by atoms with Gasteiger partial charge in [0, 0.05) is 7.05 Å². The van der Waals surface area contributed by atoms with Crippen LogP contribution in [0.25, 0.3) is 0 Å². The first-order chi connectivity index (χ1) is 5.07. The zero-order valence-corrected chi connectivity index (χ0v) is 6.68. The molecule has 0 radical (unpaired) electrons. The number of amides is 2. The second-order valence-electron chi connectivity index (χ2n) is 2.18. The Kier molecular flexibility index (Phi) is 4.21. The molecule has 11 heavy (non-hydrogen) atoms. The monoisotopic (exact) mass is 159 g/mol. The van der Waals surface area contributed by atoms with Gasteiger partial charge in [0.15, 0.2) is 0 Å². The predicted octanol–water partition coefficient (Wildman–Crippen LogP) is -1.80. The Balaban J connectivity index is 3.54. The van der Waals surface area contributed by atoms with Gasteiger partial charge in [0.25, 0.3) is 0 Å². The fourth-order valence-corrected chi connectivity index (χ4v) is 0.417. The van der Waals surface area contributed by atoms with Gasteiger partial charge in [0.05, 0.1) is 12.6 Å². The van der Waals surface area contributed by atoms with E-state index in [1.54, 1.807) is 6.92 Å². The molecule has 0 bridgehead atoms. The van der Waals surface area contributed by atoms with Crippen molar-refractivity contribution in [1.29, 1.82) is 0 Å². The summed E-state index contributed by atoms with van der Waals surface area (Å²) in [4.78, 5) is 21.3. The van der Waals surface area contributed by atoms with Crippen LogP contribution in [0.15, 0.2) is 0 Å². The molecule has 2 amide bonds. The largest absolute Gasteiger partial charge is 0.358 e. The van der Waals surface area contributed by atoms with Crippen LogP contribution in [0.4, 0.5) is 0 Å². The highest BCUT2D eigenvalue weighted by atomic mass is 16.2. The molecule has 5 heteroatoms. The molecule has 0 aliphatic rings. The van der Waals surface area contributed by atoms with Crippen molar-refractivity contribution in [3.63, 3.8) is 0 Å². The number of carbonyl (C=O) groups excluding carboxylic acids is 2. The molecule has 1 atom stereocenters. The Morgan fingerprint density at radius 3 is 2.45 bits per heavy atom. The Labute approximate surface area is 65.3 Å². The molecule has 5 nitrogen and oxygen atoms in total. The molecule has 0 spiro atoms.